The minimum atomic E-state index is -0.948. The minimum Gasteiger partial charge on any atom is -0.462 e. The molecule has 0 saturated carbocycles. The van der Waals surface area contributed by atoms with Gasteiger partial charge in [0.1, 0.15) is 18.2 Å². The first-order valence-corrected chi connectivity index (χ1v) is 14.6. The third kappa shape index (κ3) is 4.52. The molecular formula is C31H34F2N6O2. The molecule has 3 fully saturated rings. The van der Waals surface area contributed by atoms with Gasteiger partial charge in [-0.15, -0.1) is 0 Å². The van der Waals surface area contributed by atoms with Crippen molar-refractivity contribution in [3.63, 3.8) is 0 Å². The van der Waals surface area contributed by atoms with E-state index < -0.39 is 11.7 Å². The van der Waals surface area contributed by atoms with Crippen LogP contribution < -0.4 is 9.64 Å². The fourth-order valence-electron chi connectivity index (χ4n) is 7.12. The van der Waals surface area contributed by atoms with Crippen LogP contribution in [0.15, 0.2) is 36.9 Å². The average molecular weight is 561 g/mol. The number of pyridine rings is 1. The van der Waals surface area contributed by atoms with Gasteiger partial charge in [0.25, 0.3) is 5.91 Å². The van der Waals surface area contributed by atoms with E-state index in [0.29, 0.717) is 54.4 Å². The third-order valence-corrected chi connectivity index (χ3v) is 9.44. The number of hydrogen-bond donors (Lipinski definition) is 0. The predicted octanol–water partition coefficient (Wildman–Crippen LogP) is 4.46. The topological polar surface area (TPSA) is 74.7 Å². The number of carbonyl (C=O) groups is 1. The van der Waals surface area contributed by atoms with Gasteiger partial charge in [-0.25, -0.2) is 8.78 Å². The molecule has 5 heterocycles. The lowest BCUT2D eigenvalue weighted by molar-refractivity contribution is -0.130. The molecule has 2 aromatic heterocycles. The molecule has 3 saturated heterocycles. The molecule has 0 radical (unpaired) electrons. The number of aryl methyl sites for hydroxylation is 1. The van der Waals surface area contributed by atoms with Crippen LogP contribution >= 0.6 is 0 Å². The largest absolute Gasteiger partial charge is 0.462 e. The molecule has 41 heavy (non-hydrogen) atoms. The van der Waals surface area contributed by atoms with Gasteiger partial charge in [0, 0.05) is 48.0 Å². The number of likely N-dealkylation sites (N-methyl/N-ethyl adjacent to an activating group) is 1. The molecule has 4 aliphatic rings. The summed E-state index contributed by atoms with van der Waals surface area (Å²) in [6, 6.07) is 3.68. The monoisotopic (exact) mass is 560 g/mol. The Balaban J connectivity index is 1.28. The van der Waals surface area contributed by atoms with Crippen LogP contribution in [0.2, 0.25) is 0 Å². The number of benzene rings is 1. The lowest BCUT2D eigenvalue weighted by Crippen LogP contribution is -2.63. The highest BCUT2D eigenvalue weighted by molar-refractivity contribution is 5.95. The van der Waals surface area contributed by atoms with Crippen LogP contribution in [0, 0.1) is 5.82 Å². The summed E-state index contributed by atoms with van der Waals surface area (Å²) in [7, 11) is 2.09. The van der Waals surface area contributed by atoms with Crippen LogP contribution in [-0.4, -0.2) is 82.1 Å². The van der Waals surface area contributed by atoms with Gasteiger partial charge in [0.2, 0.25) is 0 Å². The predicted molar refractivity (Wildman–Crippen MR) is 152 cm³/mol. The number of anilines is 1. The Morgan fingerprint density at radius 2 is 1.93 bits per heavy atom. The Labute approximate surface area is 238 Å². The molecule has 0 spiro atoms. The number of ether oxygens (including phenoxy) is 1. The number of fused-ring (bicyclic) bond motifs is 3. The number of rotatable bonds is 6. The van der Waals surface area contributed by atoms with Gasteiger partial charge in [-0.2, -0.15) is 9.97 Å². The highest BCUT2D eigenvalue weighted by Crippen LogP contribution is 2.41. The first-order chi connectivity index (χ1) is 19.9. The van der Waals surface area contributed by atoms with E-state index in [2.05, 4.69) is 28.4 Å². The molecule has 3 aromatic rings. The maximum Gasteiger partial charge on any atom is 0.319 e. The van der Waals surface area contributed by atoms with Gasteiger partial charge in [-0.1, -0.05) is 6.58 Å². The van der Waals surface area contributed by atoms with Crippen molar-refractivity contribution in [3.8, 4) is 17.1 Å². The molecule has 7 rings (SSSR count). The molecule has 1 amide bonds. The summed E-state index contributed by atoms with van der Waals surface area (Å²) < 4.78 is 35.7. The van der Waals surface area contributed by atoms with Crippen molar-refractivity contribution >= 4 is 22.6 Å². The zero-order valence-electron chi connectivity index (χ0n) is 23.3. The minimum absolute atomic E-state index is 0.0432. The van der Waals surface area contributed by atoms with E-state index in [1.807, 2.05) is 6.20 Å². The second-order valence-corrected chi connectivity index (χ2v) is 11.8. The van der Waals surface area contributed by atoms with Crippen LogP contribution in [-0.2, 0) is 17.6 Å². The molecule has 0 unspecified atom stereocenters. The second-order valence-electron chi connectivity index (χ2n) is 11.8. The lowest BCUT2D eigenvalue weighted by Gasteiger charge is -2.47. The normalized spacial score (nSPS) is 23.8. The molecule has 1 aromatic carbocycles. The summed E-state index contributed by atoms with van der Waals surface area (Å²) in [5.41, 5.74) is 4.24. The van der Waals surface area contributed by atoms with Crippen LogP contribution in [0.1, 0.15) is 43.2 Å². The van der Waals surface area contributed by atoms with Crippen molar-refractivity contribution < 1.29 is 18.3 Å². The van der Waals surface area contributed by atoms with E-state index in [1.54, 1.807) is 17.2 Å². The summed E-state index contributed by atoms with van der Waals surface area (Å²) in [6.07, 6.45) is 10.6. The molecule has 1 aliphatic carbocycles. The molecule has 8 nitrogen and oxygen atoms in total. The Kier molecular flexibility index (Phi) is 6.60. The van der Waals surface area contributed by atoms with E-state index in [4.69, 9.17) is 14.7 Å². The molecule has 0 N–H and O–H groups in total. The van der Waals surface area contributed by atoms with Crippen molar-refractivity contribution in [2.45, 2.75) is 63.1 Å². The van der Waals surface area contributed by atoms with E-state index in [-0.39, 0.29) is 23.9 Å². The molecular weight excluding hydrogens is 526 g/mol. The molecule has 10 heteroatoms. The third-order valence-electron chi connectivity index (χ3n) is 9.44. The van der Waals surface area contributed by atoms with Gasteiger partial charge < -0.3 is 19.4 Å². The highest BCUT2D eigenvalue weighted by Gasteiger charge is 2.50. The smallest absolute Gasteiger partial charge is 0.319 e. The summed E-state index contributed by atoms with van der Waals surface area (Å²) in [6.45, 7) is 5.60. The fraction of sp³-hybridized carbons (Fsp3) is 0.484. The van der Waals surface area contributed by atoms with E-state index in [1.165, 1.54) is 11.6 Å². The summed E-state index contributed by atoms with van der Waals surface area (Å²) in [5, 5.41) is 0.590. The standard InChI is InChI=1S/C31H34F2N6O2/c1-18(32)30(40)38-11-9-27-28(38)16-39(27)29-23-12-25(33)22(24-15-34-14-19-6-3-4-8-21(19)24)13-26(23)35-31(36-29)41-17-20-7-5-10-37(20)2/h12-15,20,27-28H,1,3-11,16-17H2,2H3/t20-,27+,28+/m0/s1. The summed E-state index contributed by atoms with van der Waals surface area (Å²) in [4.78, 5) is 32.2. The van der Waals surface area contributed by atoms with Gasteiger partial charge in [-0.05, 0) is 81.8 Å². The van der Waals surface area contributed by atoms with Crippen LogP contribution in [0.5, 0.6) is 6.01 Å². The maximum atomic E-state index is 15.9. The van der Waals surface area contributed by atoms with Crippen molar-refractivity contribution in [3.05, 3.63) is 53.9 Å². The van der Waals surface area contributed by atoms with Crippen LogP contribution in [0.25, 0.3) is 22.0 Å². The second kappa shape index (κ2) is 10.3. The Bertz CT molecular complexity index is 1550. The zero-order valence-corrected chi connectivity index (χ0v) is 23.3. The number of nitrogens with zero attached hydrogens (tertiary/aromatic N) is 6. The number of amides is 1. The first-order valence-electron chi connectivity index (χ1n) is 14.6. The fourth-order valence-corrected chi connectivity index (χ4v) is 7.12. The highest BCUT2D eigenvalue weighted by atomic mass is 19.1. The van der Waals surface area contributed by atoms with Crippen molar-refractivity contribution in [1.29, 1.82) is 0 Å². The van der Waals surface area contributed by atoms with E-state index in [0.717, 1.165) is 56.2 Å². The quantitative estimate of drug-likeness (QED) is 0.413. The lowest BCUT2D eigenvalue weighted by atomic mass is 9.87. The van der Waals surface area contributed by atoms with Crippen molar-refractivity contribution in [2.24, 2.45) is 0 Å². The van der Waals surface area contributed by atoms with Gasteiger partial charge in [0.05, 0.1) is 17.6 Å². The maximum absolute atomic E-state index is 15.9. The number of hydrogen-bond acceptors (Lipinski definition) is 7. The molecule has 3 aliphatic heterocycles. The zero-order chi connectivity index (χ0) is 28.2. The first kappa shape index (κ1) is 26.3. The number of halogens is 2. The van der Waals surface area contributed by atoms with Crippen LogP contribution in [0.4, 0.5) is 14.6 Å². The number of aromatic nitrogens is 3. The Morgan fingerprint density at radius 3 is 2.73 bits per heavy atom. The molecule has 3 atom stereocenters. The average Bonchev–Trinajstić information content (AvgIpc) is 3.52. The summed E-state index contributed by atoms with van der Waals surface area (Å²) in [5.74, 6) is -1.38. The van der Waals surface area contributed by atoms with Crippen LogP contribution in [0.3, 0.4) is 0 Å². The Hall–Kier alpha value is -3.66. The number of carbonyl (C=O) groups excluding carboxylic acids is 1. The van der Waals surface area contributed by atoms with E-state index in [9.17, 15) is 9.18 Å². The van der Waals surface area contributed by atoms with Crippen molar-refractivity contribution in [2.75, 3.05) is 38.2 Å². The summed E-state index contributed by atoms with van der Waals surface area (Å²) >= 11 is 0. The molecule has 214 valence electrons. The molecule has 0 bridgehead atoms. The van der Waals surface area contributed by atoms with Gasteiger partial charge in [0.15, 0.2) is 5.83 Å². The Morgan fingerprint density at radius 1 is 1.07 bits per heavy atom. The van der Waals surface area contributed by atoms with Gasteiger partial charge in [-0.3, -0.25) is 9.78 Å². The van der Waals surface area contributed by atoms with Gasteiger partial charge >= 0.3 is 6.01 Å². The number of likely N-dealkylation sites (tertiary alicyclic amines) is 2. The van der Waals surface area contributed by atoms with Crippen molar-refractivity contribution in [1.82, 2.24) is 24.8 Å². The van der Waals surface area contributed by atoms with E-state index >= 15 is 4.39 Å². The SMILES string of the molecule is C=C(F)C(=O)N1CC[C@@H]2[C@H]1CN2c1nc(OC[C@@H]2CCCN2C)nc2cc(-c3cncc4c3CCCC4)c(F)cc12.